The van der Waals surface area contributed by atoms with E-state index in [4.69, 9.17) is 0 Å². The molecule has 162 valence electrons. The molecule has 1 aromatic heterocycles. The Bertz CT molecular complexity index is 1540. The number of anilines is 1. The molecule has 0 fully saturated rings. The molecule has 0 radical (unpaired) electrons. The molecule has 0 unspecified atom stereocenters. The fraction of sp³-hybridized carbons (Fsp3) is 0.0769. The number of benzene rings is 3. The zero-order chi connectivity index (χ0) is 23.4. The van der Waals surface area contributed by atoms with Crippen molar-refractivity contribution in [1.82, 2.24) is 4.98 Å². The fourth-order valence-corrected chi connectivity index (χ4v) is 4.20. The molecule has 0 bridgehead atoms. The summed E-state index contributed by atoms with van der Waals surface area (Å²) in [4.78, 5) is 54.0. The predicted octanol–water partition coefficient (Wildman–Crippen LogP) is 4.51. The second-order valence-corrected chi connectivity index (χ2v) is 8.08. The van der Waals surface area contributed by atoms with Gasteiger partial charge in [-0.05, 0) is 49.2 Å². The van der Waals surface area contributed by atoms with E-state index in [0.29, 0.717) is 5.56 Å². The van der Waals surface area contributed by atoms with E-state index in [-0.39, 0.29) is 50.3 Å². The Balaban J connectivity index is 1.64. The highest BCUT2D eigenvalue weighted by Gasteiger charge is 2.34. The van der Waals surface area contributed by atoms with Crippen LogP contribution in [0, 0.1) is 13.8 Å². The minimum Gasteiger partial charge on any atom is -0.478 e. The van der Waals surface area contributed by atoms with E-state index < -0.39 is 17.7 Å². The predicted molar refractivity (Wildman–Crippen MR) is 122 cm³/mol. The van der Waals surface area contributed by atoms with Crippen molar-refractivity contribution in [2.45, 2.75) is 13.8 Å². The minimum atomic E-state index is -1.27. The number of carbonyl (C=O) groups excluding carboxylic acids is 3. The van der Waals surface area contributed by atoms with Crippen LogP contribution >= 0.6 is 0 Å². The van der Waals surface area contributed by atoms with Crippen LogP contribution in [0.2, 0.25) is 0 Å². The maximum absolute atomic E-state index is 13.2. The molecule has 5 rings (SSSR count). The zero-order valence-electron chi connectivity index (χ0n) is 17.8. The number of rotatable bonds is 3. The van der Waals surface area contributed by atoms with Gasteiger partial charge in [-0.25, -0.2) is 4.79 Å². The van der Waals surface area contributed by atoms with Crippen LogP contribution < -0.4 is 5.32 Å². The second-order valence-electron chi connectivity index (χ2n) is 8.08. The van der Waals surface area contributed by atoms with Gasteiger partial charge in [0.05, 0.1) is 16.8 Å². The molecule has 7 nitrogen and oxygen atoms in total. The largest absolute Gasteiger partial charge is 0.478 e. The average Bonchev–Trinajstić information content (AvgIpc) is 3.18. The molecular weight excluding hydrogens is 420 g/mol. The summed E-state index contributed by atoms with van der Waals surface area (Å²) in [6, 6.07) is 14.6. The van der Waals surface area contributed by atoms with Gasteiger partial charge in [0.15, 0.2) is 5.78 Å². The third kappa shape index (κ3) is 3.13. The number of aryl methyl sites for hydroxylation is 2. The first kappa shape index (κ1) is 20.4. The van der Waals surface area contributed by atoms with E-state index in [2.05, 4.69) is 10.3 Å². The number of aromatic carboxylic acids is 1. The van der Waals surface area contributed by atoms with Gasteiger partial charge in [0, 0.05) is 33.3 Å². The number of fused-ring (bicyclic) bond motifs is 4. The number of H-pyrrole nitrogens is 1. The lowest BCUT2D eigenvalue weighted by atomic mass is 9.86. The first-order chi connectivity index (χ1) is 15.8. The molecule has 0 saturated carbocycles. The van der Waals surface area contributed by atoms with Crippen molar-refractivity contribution >= 4 is 40.0 Å². The number of amides is 1. The van der Waals surface area contributed by atoms with Crippen LogP contribution in [0.15, 0.2) is 54.6 Å². The lowest BCUT2D eigenvalue weighted by molar-refractivity contribution is 0.0698. The van der Waals surface area contributed by atoms with Crippen LogP contribution in [0.25, 0.3) is 10.9 Å². The third-order valence-corrected chi connectivity index (χ3v) is 6.03. The number of ketones is 2. The monoisotopic (exact) mass is 438 g/mol. The molecule has 33 heavy (non-hydrogen) atoms. The van der Waals surface area contributed by atoms with Gasteiger partial charge < -0.3 is 15.4 Å². The van der Waals surface area contributed by atoms with Crippen molar-refractivity contribution in [2.24, 2.45) is 0 Å². The van der Waals surface area contributed by atoms with Gasteiger partial charge in [-0.3, -0.25) is 14.4 Å². The van der Waals surface area contributed by atoms with E-state index in [1.54, 1.807) is 36.4 Å². The molecule has 0 saturated heterocycles. The molecule has 0 spiro atoms. The highest BCUT2D eigenvalue weighted by molar-refractivity contribution is 6.33. The first-order valence-electron chi connectivity index (χ1n) is 10.3. The quantitative estimate of drug-likeness (QED) is 0.383. The third-order valence-electron chi connectivity index (χ3n) is 6.03. The number of carboxylic acids is 1. The highest BCUT2D eigenvalue weighted by atomic mass is 16.4. The number of nitrogens with one attached hydrogen (secondary N) is 2. The summed E-state index contributed by atoms with van der Waals surface area (Å²) in [5.41, 5.74) is 3.37. The number of carbonyl (C=O) groups is 4. The molecule has 3 aromatic carbocycles. The van der Waals surface area contributed by atoms with Crippen molar-refractivity contribution in [3.05, 3.63) is 99.2 Å². The summed E-state index contributed by atoms with van der Waals surface area (Å²) in [6.45, 7) is 3.84. The summed E-state index contributed by atoms with van der Waals surface area (Å²) < 4.78 is 0. The molecular formula is C26H18N2O5. The van der Waals surface area contributed by atoms with E-state index in [0.717, 1.165) is 11.1 Å². The SMILES string of the molecule is Cc1ccc(C(=O)Nc2cc(C(=O)O)c3c4c([nH]c3c2)C(=O)c2ccccc2C4=O)cc1C. The molecule has 3 N–H and O–H groups in total. The van der Waals surface area contributed by atoms with Gasteiger partial charge in [-0.2, -0.15) is 0 Å². The number of hydrogen-bond donors (Lipinski definition) is 3. The van der Waals surface area contributed by atoms with Crippen LogP contribution in [0.4, 0.5) is 5.69 Å². The second kappa shape index (κ2) is 7.27. The summed E-state index contributed by atoms with van der Waals surface area (Å²) in [7, 11) is 0. The highest BCUT2D eigenvalue weighted by Crippen LogP contribution is 2.36. The van der Waals surface area contributed by atoms with E-state index >= 15 is 0 Å². The standard InChI is InChI=1S/C26H18N2O5/c1-12-7-8-14(9-13(12)2)25(31)27-15-10-18(26(32)33)20-19(11-15)28-22-21(20)23(29)16-5-3-4-6-17(16)24(22)30/h3-11,28H,1-2H3,(H,27,31)(H,32,33). The van der Waals surface area contributed by atoms with Crippen LogP contribution in [0.1, 0.15) is 63.8 Å². The van der Waals surface area contributed by atoms with Gasteiger partial charge in [0.2, 0.25) is 5.78 Å². The minimum absolute atomic E-state index is 0.0399. The lowest BCUT2D eigenvalue weighted by Crippen LogP contribution is -2.20. The smallest absolute Gasteiger partial charge is 0.336 e. The Morgan fingerprint density at radius 1 is 0.879 bits per heavy atom. The molecule has 1 aliphatic carbocycles. The molecule has 7 heteroatoms. The number of hydrogen-bond acceptors (Lipinski definition) is 4. The van der Waals surface area contributed by atoms with Gasteiger partial charge in [-0.1, -0.05) is 30.3 Å². The van der Waals surface area contributed by atoms with Gasteiger partial charge in [0.25, 0.3) is 5.91 Å². The lowest BCUT2D eigenvalue weighted by Gasteiger charge is -2.14. The molecule has 1 amide bonds. The molecule has 0 atom stereocenters. The first-order valence-corrected chi connectivity index (χ1v) is 10.3. The van der Waals surface area contributed by atoms with Gasteiger partial charge in [-0.15, -0.1) is 0 Å². The molecule has 4 aromatic rings. The van der Waals surface area contributed by atoms with Crippen molar-refractivity contribution in [3.63, 3.8) is 0 Å². The van der Waals surface area contributed by atoms with Gasteiger partial charge >= 0.3 is 5.97 Å². The van der Waals surface area contributed by atoms with Crippen LogP contribution in [-0.4, -0.2) is 33.5 Å². The number of aromatic amines is 1. The summed E-state index contributed by atoms with van der Waals surface area (Å²) in [6.07, 6.45) is 0. The Hall–Kier alpha value is -4.52. The zero-order valence-corrected chi connectivity index (χ0v) is 17.8. The molecule has 1 aliphatic rings. The van der Waals surface area contributed by atoms with E-state index in [1.165, 1.54) is 12.1 Å². The normalized spacial score (nSPS) is 12.4. The molecule has 0 aliphatic heterocycles. The maximum atomic E-state index is 13.2. The van der Waals surface area contributed by atoms with Crippen molar-refractivity contribution < 1.29 is 24.3 Å². The van der Waals surface area contributed by atoms with E-state index in [9.17, 15) is 24.3 Å². The summed E-state index contributed by atoms with van der Waals surface area (Å²) in [5, 5.41) is 12.7. The topological polar surface area (TPSA) is 116 Å². The summed E-state index contributed by atoms with van der Waals surface area (Å²) in [5.74, 6) is -2.47. The maximum Gasteiger partial charge on any atom is 0.336 e. The number of carboxylic acid groups (broad SMARTS) is 1. The van der Waals surface area contributed by atoms with Crippen LogP contribution in [0.3, 0.4) is 0 Å². The Kier molecular flexibility index (Phi) is 4.49. The molecule has 1 heterocycles. The average molecular weight is 438 g/mol. The Morgan fingerprint density at radius 2 is 1.58 bits per heavy atom. The summed E-state index contributed by atoms with van der Waals surface area (Å²) >= 11 is 0. The van der Waals surface area contributed by atoms with Crippen molar-refractivity contribution in [3.8, 4) is 0 Å². The van der Waals surface area contributed by atoms with E-state index in [1.807, 2.05) is 19.9 Å². The fourth-order valence-electron chi connectivity index (χ4n) is 4.20. The van der Waals surface area contributed by atoms with Crippen LogP contribution in [-0.2, 0) is 0 Å². The number of aromatic nitrogens is 1. The van der Waals surface area contributed by atoms with Crippen molar-refractivity contribution in [1.29, 1.82) is 0 Å². The Morgan fingerprint density at radius 3 is 2.24 bits per heavy atom. The van der Waals surface area contributed by atoms with Gasteiger partial charge in [0.1, 0.15) is 0 Å². The van der Waals surface area contributed by atoms with Crippen molar-refractivity contribution in [2.75, 3.05) is 5.32 Å². The van der Waals surface area contributed by atoms with Crippen LogP contribution in [0.5, 0.6) is 0 Å². The Labute approximate surface area is 188 Å².